The number of hydrogen-bond donors (Lipinski definition) is 2. The maximum absolute atomic E-state index is 13.0. The summed E-state index contributed by atoms with van der Waals surface area (Å²) in [6.45, 7) is -0.234. The standard InChI is InChI=1S/C21H22N2O4S/c24-19-13-22(18(20(25)26)12-16-9-5-2-6-10-16)21(27)23(19)17(14-28)11-15-7-3-1-4-8-15/h1-10,17-18,28H,11-14H2,(H,25,26)/t17?,18-/m0/s1. The first kappa shape index (κ1) is 19.9. The third kappa shape index (κ3) is 4.36. The molecule has 2 aromatic carbocycles. The van der Waals surface area contributed by atoms with Gasteiger partial charge in [-0.25, -0.2) is 9.59 Å². The van der Waals surface area contributed by atoms with Crippen molar-refractivity contribution in [2.24, 2.45) is 0 Å². The van der Waals surface area contributed by atoms with Crippen molar-refractivity contribution in [2.75, 3.05) is 12.3 Å². The van der Waals surface area contributed by atoms with E-state index in [-0.39, 0.29) is 18.9 Å². The number of aliphatic carboxylic acids is 1. The van der Waals surface area contributed by atoms with Crippen LogP contribution in [-0.2, 0) is 22.4 Å². The second-order valence-corrected chi connectivity index (χ2v) is 7.11. The molecule has 1 aliphatic heterocycles. The lowest BCUT2D eigenvalue weighted by molar-refractivity contribution is -0.142. The Labute approximate surface area is 169 Å². The number of thiol groups is 1. The van der Waals surface area contributed by atoms with Gasteiger partial charge in [0.15, 0.2) is 0 Å². The first-order chi connectivity index (χ1) is 13.5. The van der Waals surface area contributed by atoms with Gasteiger partial charge >= 0.3 is 12.0 Å². The molecular formula is C21H22N2O4S. The van der Waals surface area contributed by atoms with Gasteiger partial charge in [-0.3, -0.25) is 9.69 Å². The summed E-state index contributed by atoms with van der Waals surface area (Å²) in [5.41, 5.74) is 1.78. The zero-order valence-corrected chi connectivity index (χ0v) is 16.2. The van der Waals surface area contributed by atoms with Gasteiger partial charge in [-0.05, 0) is 17.5 Å². The van der Waals surface area contributed by atoms with Crippen molar-refractivity contribution in [1.82, 2.24) is 9.80 Å². The van der Waals surface area contributed by atoms with Crippen LogP contribution >= 0.6 is 12.6 Å². The molecule has 0 aromatic heterocycles. The second kappa shape index (κ2) is 8.93. The van der Waals surface area contributed by atoms with Crippen molar-refractivity contribution in [3.05, 3.63) is 71.8 Å². The van der Waals surface area contributed by atoms with E-state index in [4.69, 9.17) is 0 Å². The topological polar surface area (TPSA) is 77.9 Å². The summed E-state index contributed by atoms with van der Waals surface area (Å²) in [6.07, 6.45) is 0.624. The smallest absolute Gasteiger partial charge is 0.328 e. The molecule has 0 saturated carbocycles. The predicted molar refractivity (Wildman–Crippen MR) is 108 cm³/mol. The van der Waals surface area contributed by atoms with Gasteiger partial charge in [-0.15, -0.1) is 0 Å². The quantitative estimate of drug-likeness (QED) is 0.529. The molecule has 2 atom stereocenters. The molecule has 1 N–H and O–H groups in total. The highest BCUT2D eigenvalue weighted by molar-refractivity contribution is 7.80. The third-order valence-electron chi connectivity index (χ3n) is 4.85. The van der Waals surface area contributed by atoms with Gasteiger partial charge in [-0.1, -0.05) is 60.7 Å². The van der Waals surface area contributed by atoms with Crippen LogP contribution in [0.2, 0.25) is 0 Å². The second-order valence-electron chi connectivity index (χ2n) is 6.74. The van der Waals surface area contributed by atoms with Crippen LogP contribution < -0.4 is 0 Å². The molecular weight excluding hydrogens is 376 g/mol. The van der Waals surface area contributed by atoms with Crippen LogP contribution in [0.5, 0.6) is 0 Å². The molecule has 146 valence electrons. The zero-order chi connectivity index (χ0) is 20.1. The van der Waals surface area contributed by atoms with Crippen LogP contribution in [0.1, 0.15) is 11.1 Å². The molecule has 6 nitrogen and oxygen atoms in total. The van der Waals surface area contributed by atoms with Crippen LogP contribution in [0, 0.1) is 0 Å². The highest BCUT2D eigenvalue weighted by Crippen LogP contribution is 2.22. The Morgan fingerprint density at radius 2 is 1.50 bits per heavy atom. The van der Waals surface area contributed by atoms with E-state index in [9.17, 15) is 19.5 Å². The Hall–Kier alpha value is -2.80. The Balaban J connectivity index is 1.79. The Morgan fingerprint density at radius 3 is 2.00 bits per heavy atom. The Bertz CT molecular complexity index is 844. The minimum absolute atomic E-state index is 0.146. The van der Waals surface area contributed by atoms with Gasteiger partial charge in [0.05, 0.1) is 6.04 Å². The molecule has 1 saturated heterocycles. The monoisotopic (exact) mass is 398 g/mol. The van der Waals surface area contributed by atoms with Crippen LogP contribution in [0.3, 0.4) is 0 Å². The molecule has 3 rings (SSSR count). The number of carboxylic acids is 1. The number of amides is 3. The summed E-state index contributed by atoms with van der Waals surface area (Å²) in [4.78, 5) is 39.7. The van der Waals surface area contributed by atoms with Crippen molar-refractivity contribution < 1.29 is 19.5 Å². The van der Waals surface area contributed by atoms with Crippen molar-refractivity contribution in [3.63, 3.8) is 0 Å². The van der Waals surface area contributed by atoms with Gasteiger partial charge in [0.2, 0.25) is 0 Å². The van der Waals surface area contributed by atoms with Gasteiger partial charge in [0.25, 0.3) is 5.91 Å². The SMILES string of the molecule is O=C(O)[C@H](Cc1ccccc1)N1CC(=O)N(C(CS)Cc2ccccc2)C1=O. The molecule has 1 heterocycles. The molecule has 28 heavy (non-hydrogen) atoms. The first-order valence-corrected chi connectivity index (χ1v) is 9.68. The largest absolute Gasteiger partial charge is 0.480 e. The van der Waals surface area contributed by atoms with E-state index >= 15 is 0 Å². The zero-order valence-electron chi connectivity index (χ0n) is 15.3. The maximum atomic E-state index is 13.0. The van der Waals surface area contributed by atoms with Crippen molar-refractivity contribution in [1.29, 1.82) is 0 Å². The highest BCUT2D eigenvalue weighted by Gasteiger charge is 2.45. The maximum Gasteiger partial charge on any atom is 0.328 e. The average Bonchev–Trinajstić information content (AvgIpc) is 2.99. The van der Waals surface area contributed by atoms with E-state index in [0.29, 0.717) is 12.2 Å². The Kier molecular flexibility index (Phi) is 6.36. The van der Waals surface area contributed by atoms with Crippen LogP contribution in [0.4, 0.5) is 4.79 Å². The fourth-order valence-corrected chi connectivity index (χ4v) is 3.72. The normalized spacial score (nSPS) is 16.3. The number of nitrogens with zero attached hydrogens (tertiary/aromatic N) is 2. The molecule has 7 heteroatoms. The molecule has 0 radical (unpaired) electrons. The van der Waals surface area contributed by atoms with Crippen LogP contribution in [0.15, 0.2) is 60.7 Å². The molecule has 1 unspecified atom stereocenters. The lowest BCUT2D eigenvalue weighted by atomic mass is 10.1. The molecule has 1 aliphatic rings. The summed E-state index contributed by atoms with van der Waals surface area (Å²) in [5, 5.41) is 9.68. The lowest BCUT2D eigenvalue weighted by Gasteiger charge is -2.27. The summed E-state index contributed by atoms with van der Waals surface area (Å²) in [7, 11) is 0. The third-order valence-corrected chi connectivity index (χ3v) is 5.27. The van der Waals surface area contributed by atoms with Crippen molar-refractivity contribution in [2.45, 2.75) is 24.9 Å². The van der Waals surface area contributed by atoms with E-state index < -0.39 is 24.1 Å². The Morgan fingerprint density at radius 1 is 0.964 bits per heavy atom. The van der Waals surface area contributed by atoms with Gasteiger partial charge < -0.3 is 10.0 Å². The fourth-order valence-electron chi connectivity index (χ4n) is 3.43. The number of imide groups is 1. The molecule has 1 fully saturated rings. The molecule has 0 aliphatic carbocycles. The lowest BCUT2D eigenvalue weighted by Crippen LogP contribution is -2.48. The summed E-state index contributed by atoms with van der Waals surface area (Å²) >= 11 is 4.32. The van der Waals surface area contributed by atoms with E-state index in [1.165, 1.54) is 4.90 Å². The fraction of sp³-hybridized carbons (Fsp3) is 0.286. The van der Waals surface area contributed by atoms with Crippen molar-refractivity contribution >= 4 is 30.5 Å². The number of benzene rings is 2. The van der Waals surface area contributed by atoms with Crippen LogP contribution in [0.25, 0.3) is 0 Å². The van der Waals surface area contributed by atoms with E-state index in [0.717, 1.165) is 16.0 Å². The summed E-state index contributed by atoms with van der Waals surface area (Å²) in [5.74, 6) is -1.21. The summed E-state index contributed by atoms with van der Waals surface area (Å²) < 4.78 is 0. The molecule has 2 aromatic rings. The predicted octanol–water partition coefficient (Wildman–Crippen LogP) is 2.49. The van der Waals surface area contributed by atoms with Crippen molar-refractivity contribution in [3.8, 4) is 0 Å². The number of urea groups is 1. The number of carboxylic acid groups (broad SMARTS) is 1. The molecule has 0 bridgehead atoms. The molecule has 3 amide bonds. The average molecular weight is 398 g/mol. The number of hydrogen-bond acceptors (Lipinski definition) is 4. The van der Waals surface area contributed by atoms with E-state index in [1.807, 2.05) is 60.7 Å². The van der Waals surface area contributed by atoms with E-state index in [1.54, 1.807) is 0 Å². The minimum atomic E-state index is -1.13. The number of carbonyl (C=O) groups is 3. The number of carbonyl (C=O) groups excluding carboxylic acids is 2. The minimum Gasteiger partial charge on any atom is -0.480 e. The highest BCUT2D eigenvalue weighted by atomic mass is 32.1. The van der Waals surface area contributed by atoms with Crippen LogP contribution in [-0.4, -0.2) is 57.2 Å². The molecule has 0 spiro atoms. The number of rotatable bonds is 8. The summed E-state index contributed by atoms with van der Waals surface area (Å²) in [6, 6.07) is 16.5. The van der Waals surface area contributed by atoms with Gasteiger partial charge in [0.1, 0.15) is 12.6 Å². The van der Waals surface area contributed by atoms with Gasteiger partial charge in [-0.2, -0.15) is 12.6 Å². The first-order valence-electron chi connectivity index (χ1n) is 9.05. The van der Waals surface area contributed by atoms with Gasteiger partial charge in [0, 0.05) is 12.2 Å². The van der Waals surface area contributed by atoms with E-state index in [2.05, 4.69) is 12.6 Å².